The molecule has 0 bridgehead atoms. The molecule has 0 N–H and O–H groups in total. The van der Waals surface area contributed by atoms with Crippen molar-refractivity contribution in [2.75, 3.05) is 18.4 Å². The van der Waals surface area contributed by atoms with E-state index in [2.05, 4.69) is 28.9 Å². The van der Waals surface area contributed by atoms with Gasteiger partial charge in [-0.1, -0.05) is 22.9 Å². The van der Waals surface area contributed by atoms with E-state index >= 15 is 0 Å². The average molecular weight is 302 g/mol. The number of likely N-dealkylation sites (tertiary alicyclic amines) is 1. The number of carbonyl (C=O) groups excluding carboxylic acids is 1. The summed E-state index contributed by atoms with van der Waals surface area (Å²) in [5, 5.41) is 3.02. The first-order chi connectivity index (χ1) is 7.76. The van der Waals surface area contributed by atoms with E-state index in [-0.39, 0.29) is 5.91 Å². The first-order valence-electron chi connectivity index (χ1n) is 5.67. The van der Waals surface area contributed by atoms with Gasteiger partial charge in [0.1, 0.15) is 0 Å². The van der Waals surface area contributed by atoms with Crippen molar-refractivity contribution in [2.24, 2.45) is 5.92 Å². The monoisotopic (exact) mass is 301 g/mol. The topological polar surface area (TPSA) is 20.3 Å². The van der Waals surface area contributed by atoms with Crippen LogP contribution in [0.25, 0.3) is 0 Å². The summed E-state index contributed by atoms with van der Waals surface area (Å²) in [5.74, 6) is 0.865. The molecule has 4 heteroatoms. The van der Waals surface area contributed by atoms with Crippen LogP contribution in [0.1, 0.15) is 28.6 Å². The number of carbonyl (C=O) groups is 1. The van der Waals surface area contributed by atoms with Crippen LogP contribution in [-0.4, -0.2) is 29.2 Å². The second-order valence-electron chi connectivity index (χ2n) is 4.19. The van der Waals surface area contributed by atoms with Crippen LogP contribution in [-0.2, 0) is 6.42 Å². The first kappa shape index (κ1) is 12.1. The maximum atomic E-state index is 12.3. The van der Waals surface area contributed by atoms with Crippen molar-refractivity contribution in [3.05, 3.63) is 21.9 Å². The smallest absolute Gasteiger partial charge is 0.264 e. The zero-order valence-electron chi connectivity index (χ0n) is 9.41. The van der Waals surface area contributed by atoms with Crippen molar-refractivity contribution in [2.45, 2.75) is 19.8 Å². The molecular weight excluding hydrogens is 286 g/mol. The minimum absolute atomic E-state index is 0.232. The first-order valence-corrected chi connectivity index (χ1v) is 7.68. The van der Waals surface area contributed by atoms with E-state index in [9.17, 15) is 4.79 Å². The Balaban J connectivity index is 2.08. The third-order valence-corrected chi connectivity index (χ3v) is 4.97. The maximum absolute atomic E-state index is 12.3. The number of halogens is 1. The van der Waals surface area contributed by atoms with Crippen LogP contribution in [0.15, 0.2) is 11.4 Å². The summed E-state index contributed by atoms with van der Waals surface area (Å²) in [6, 6.07) is 2.07. The van der Waals surface area contributed by atoms with Crippen LogP contribution in [0.4, 0.5) is 0 Å². The molecule has 1 aromatic heterocycles. The fourth-order valence-corrected chi connectivity index (χ4v) is 3.58. The standard InChI is InChI=1S/C12H16BrNOS/c1-2-10-4-6-16-11(10)12(15)14-5-3-9(7-13)8-14/h4,6,9H,2-3,5,7-8H2,1H3. The van der Waals surface area contributed by atoms with Crippen LogP contribution in [0, 0.1) is 5.92 Å². The van der Waals surface area contributed by atoms with Crippen molar-refractivity contribution >= 4 is 33.2 Å². The van der Waals surface area contributed by atoms with Crippen molar-refractivity contribution in [3.63, 3.8) is 0 Å². The lowest BCUT2D eigenvalue weighted by molar-refractivity contribution is 0.0792. The summed E-state index contributed by atoms with van der Waals surface area (Å²) in [5.41, 5.74) is 1.19. The second-order valence-corrected chi connectivity index (χ2v) is 5.75. The molecule has 2 rings (SSSR count). The van der Waals surface area contributed by atoms with Gasteiger partial charge in [0.2, 0.25) is 0 Å². The lowest BCUT2D eigenvalue weighted by Crippen LogP contribution is -2.28. The molecule has 1 unspecified atom stereocenters. The highest BCUT2D eigenvalue weighted by atomic mass is 79.9. The SMILES string of the molecule is CCc1ccsc1C(=O)N1CCC(CBr)C1. The number of hydrogen-bond acceptors (Lipinski definition) is 2. The molecule has 0 radical (unpaired) electrons. The van der Waals surface area contributed by atoms with Crippen molar-refractivity contribution in [1.82, 2.24) is 4.90 Å². The number of rotatable bonds is 3. The summed E-state index contributed by atoms with van der Waals surface area (Å²) in [4.78, 5) is 15.2. The number of hydrogen-bond donors (Lipinski definition) is 0. The Labute approximate surface area is 109 Å². The Hall–Kier alpha value is -0.350. The van der Waals surface area contributed by atoms with E-state index in [4.69, 9.17) is 0 Å². The highest BCUT2D eigenvalue weighted by molar-refractivity contribution is 9.09. The highest BCUT2D eigenvalue weighted by Crippen LogP contribution is 2.24. The number of thiophene rings is 1. The molecule has 1 saturated heterocycles. The average Bonchev–Trinajstić information content (AvgIpc) is 2.96. The normalized spacial score (nSPS) is 20.4. The molecule has 1 aliphatic rings. The summed E-state index contributed by atoms with van der Waals surface area (Å²) in [7, 11) is 0. The Morgan fingerprint density at radius 3 is 3.12 bits per heavy atom. The zero-order valence-corrected chi connectivity index (χ0v) is 11.8. The third kappa shape index (κ3) is 2.33. The largest absolute Gasteiger partial charge is 0.338 e. The van der Waals surface area contributed by atoms with Gasteiger partial charge in [-0.15, -0.1) is 11.3 Å². The molecule has 1 fully saturated rings. The Morgan fingerprint density at radius 1 is 1.69 bits per heavy atom. The number of alkyl halides is 1. The van der Waals surface area contributed by atoms with Gasteiger partial charge in [-0.05, 0) is 35.8 Å². The molecule has 0 aliphatic carbocycles. The third-order valence-electron chi connectivity index (χ3n) is 3.11. The Kier molecular flexibility index (Phi) is 4.03. The van der Waals surface area contributed by atoms with E-state index < -0.39 is 0 Å². The van der Waals surface area contributed by atoms with E-state index in [1.165, 1.54) is 5.56 Å². The van der Waals surface area contributed by atoms with Crippen LogP contribution >= 0.6 is 27.3 Å². The summed E-state index contributed by atoms with van der Waals surface area (Å²) < 4.78 is 0. The molecule has 0 spiro atoms. The molecule has 88 valence electrons. The number of aryl methyl sites for hydroxylation is 1. The van der Waals surface area contributed by atoms with Crippen molar-refractivity contribution < 1.29 is 4.79 Å². The molecule has 0 aromatic carbocycles. The quantitative estimate of drug-likeness (QED) is 0.785. The predicted octanol–water partition coefficient (Wildman–Crippen LogP) is 3.17. The van der Waals surface area contributed by atoms with Gasteiger partial charge in [-0.2, -0.15) is 0 Å². The molecule has 1 atom stereocenters. The minimum atomic E-state index is 0.232. The summed E-state index contributed by atoms with van der Waals surface area (Å²) in [6.07, 6.45) is 2.07. The molecular formula is C12H16BrNOS. The summed E-state index contributed by atoms with van der Waals surface area (Å²) >= 11 is 5.07. The van der Waals surface area contributed by atoms with Crippen LogP contribution in [0.3, 0.4) is 0 Å². The van der Waals surface area contributed by atoms with Gasteiger partial charge >= 0.3 is 0 Å². The fourth-order valence-electron chi connectivity index (χ4n) is 2.09. The molecule has 1 amide bonds. The van der Waals surface area contributed by atoms with Gasteiger partial charge in [0, 0.05) is 18.4 Å². The van der Waals surface area contributed by atoms with Gasteiger partial charge in [0.15, 0.2) is 0 Å². The molecule has 16 heavy (non-hydrogen) atoms. The molecule has 2 nitrogen and oxygen atoms in total. The van der Waals surface area contributed by atoms with Crippen LogP contribution in [0.2, 0.25) is 0 Å². The van der Waals surface area contributed by atoms with Crippen molar-refractivity contribution in [3.8, 4) is 0 Å². The number of amides is 1. The maximum Gasteiger partial charge on any atom is 0.264 e. The molecule has 1 aliphatic heterocycles. The second kappa shape index (κ2) is 5.32. The Bertz CT molecular complexity index is 377. The molecule has 1 aromatic rings. The fraction of sp³-hybridized carbons (Fsp3) is 0.583. The molecule has 0 saturated carbocycles. The zero-order chi connectivity index (χ0) is 11.5. The molecule has 2 heterocycles. The van der Waals surface area contributed by atoms with Crippen molar-refractivity contribution in [1.29, 1.82) is 0 Å². The highest BCUT2D eigenvalue weighted by Gasteiger charge is 2.27. The van der Waals surface area contributed by atoms with Crippen LogP contribution < -0.4 is 0 Å². The number of nitrogens with zero attached hydrogens (tertiary/aromatic N) is 1. The van der Waals surface area contributed by atoms with E-state index in [1.807, 2.05) is 10.3 Å². The van der Waals surface area contributed by atoms with Gasteiger partial charge in [0.25, 0.3) is 5.91 Å². The van der Waals surface area contributed by atoms with E-state index in [0.29, 0.717) is 5.92 Å². The Morgan fingerprint density at radius 2 is 2.50 bits per heavy atom. The lowest BCUT2D eigenvalue weighted by Gasteiger charge is -2.15. The lowest BCUT2D eigenvalue weighted by atomic mass is 10.2. The minimum Gasteiger partial charge on any atom is -0.338 e. The van der Waals surface area contributed by atoms with Gasteiger partial charge in [-0.25, -0.2) is 0 Å². The van der Waals surface area contributed by atoms with Gasteiger partial charge in [0.05, 0.1) is 4.88 Å². The predicted molar refractivity (Wildman–Crippen MR) is 71.5 cm³/mol. The van der Waals surface area contributed by atoms with E-state index in [0.717, 1.165) is 36.1 Å². The van der Waals surface area contributed by atoms with Gasteiger partial charge in [-0.3, -0.25) is 4.79 Å². The summed E-state index contributed by atoms with van der Waals surface area (Å²) in [6.45, 7) is 3.92. The van der Waals surface area contributed by atoms with E-state index in [1.54, 1.807) is 11.3 Å². The van der Waals surface area contributed by atoms with Crippen LogP contribution in [0.5, 0.6) is 0 Å². The van der Waals surface area contributed by atoms with Gasteiger partial charge < -0.3 is 4.90 Å².